The molecule has 2 aromatic carbocycles. The molecule has 1 aliphatic carbocycles. The predicted octanol–water partition coefficient (Wildman–Crippen LogP) is 3.34. The van der Waals surface area contributed by atoms with Gasteiger partial charge in [-0.2, -0.15) is 0 Å². The minimum Gasteiger partial charge on any atom is -0.497 e. The maximum Gasteiger partial charge on any atom is 0.244 e. The summed E-state index contributed by atoms with van der Waals surface area (Å²) >= 11 is 0. The lowest BCUT2D eigenvalue weighted by Crippen LogP contribution is -2.52. The second kappa shape index (κ2) is 12.8. The molecule has 0 spiro atoms. The Bertz CT molecular complexity index is 1150. The molecule has 1 aliphatic rings. The Morgan fingerprint density at radius 1 is 1.03 bits per heavy atom. The van der Waals surface area contributed by atoms with E-state index < -0.39 is 28.5 Å². The average Bonchev–Trinajstić information content (AvgIpc) is 3.39. The number of rotatable bonds is 12. The molecular formula is C27H37N3O6S. The number of nitrogens with zero attached hydrogens (tertiary/aromatic N) is 2. The third kappa shape index (κ3) is 7.85. The molecule has 0 saturated heterocycles. The van der Waals surface area contributed by atoms with Crippen LogP contribution in [0.1, 0.15) is 45.1 Å². The first-order valence-electron chi connectivity index (χ1n) is 12.6. The van der Waals surface area contributed by atoms with Gasteiger partial charge in [0, 0.05) is 12.6 Å². The van der Waals surface area contributed by atoms with E-state index in [1.54, 1.807) is 50.4 Å². The number of hydrogen-bond acceptors (Lipinski definition) is 6. The van der Waals surface area contributed by atoms with Gasteiger partial charge in [0.25, 0.3) is 0 Å². The van der Waals surface area contributed by atoms with Crippen molar-refractivity contribution in [1.29, 1.82) is 0 Å². The molecule has 2 aromatic rings. The highest BCUT2D eigenvalue weighted by Gasteiger charge is 2.31. The van der Waals surface area contributed by atoms with Crippen molar-refractivity contribution in [2.24, 2.45) is 0 Å². The average molecular weight is 532 g/mol. The zero-order chi connectivity index (χ0) is 27.0. The Labute approximate surface area is 219 Å². The first-order valence-corrected chi connectivity index (χ1v) is 14.4. The van der Waals surface area contributed by atoms with E-state index in [0.717, 1.165) is 41.8 Å². The number of sulfonamides is 1. The third-order valence-electron chi connectivity index (χ3n) is 6.50. The molecule has 202 valence electrons. The van der Waals surface area contributed by atoms with Crippen molar-refractivity contribution in [2.75, 3.05) is 30.8 Å². The Morgan fingerprint density at radius 3 is 2.16 bits per heavy atom. The number of hydrogen-bond donors (Lipinski definition) is 1. The van der Waals surface area contributed by atoms with Gasteiger partial charge in [0.15, 0.2) is 0 Å². The van der Waals surface area contributed by atoms with Crippen LogP contribution in [0, 0.1) is 0 Å². The highest BCUT2D eigenvalue weighted by atomic mass is 32.2. The fraction of sp³-hybridized carbons (Fsp3) is 0.481. The number of carbonyl (C=O) groups is 2. The summed E-state index contributed by atoms with van der Waals surface area (Å²) in [7, 11) is -2.22. The first kappa shape index (κ1) is 28.3. The second-order valence-electron chi connectivity index (χ2n) is 9.23. The molecule has 0 unspecified atom stereocenters. The normalized spacial score (nSPS) is 14.6. The highest BCUT2D eigenvalue weighted by molar-refractivity contribution is 7.92. The van der Waals surface area contributed by atoms with Gasteiger partial charge in [-0.1, -0.05) is 25.0 Å². The fourth-order valence-electron chi connectivity index (χ4n) is 4.39. The Hall–Kier alpha value is -3.27. The summed E-state index contributed by atoms with van der Waals surface area (Å²) in [6, 6.07) is 13.0. The topological polar surface area (TPSA) is 105 Å². The number of nitrogens with one attached hydrogen (secondary N) is 1. The third-order valence-corrected chi connectivity index (χ3v) is 7.64. The Kier molecular flexibility index (Phi) is 9.79. The number of benzene rings is 2. The fourth-order valence-corrected chi connectivity index (χ4v) is 5.24. The van der Waals surface area contributed by atoms with Gasteiger partial charge >= 0.3 is 0 Å². The summed E-state index contributed by atoms with van der Waals surface area (Å²) in [5, 5.41) is 3.05. The molecule has 1 atom stereocenters. The maximum atomic E-state index is 13.6. The van der Waals surface area contributed by atoms with Crippen LogP contribution >= 0.6 is 0 Å². The number of anilines is 1. The molecule has 0 heterocycles. The van der Waals surface area contributed by atoms with Gasteiger partial charge < -0.3 is 19.7 Å². The summed E-state index contributed by atoms with van der Waals surface area (Å²) in [5.41, 5.74) is 1.13. The lowest BCUT2D eigenvalue weighted by atomic mass is 10.1. The van der Waals surface area contributed by atoms with Crippen LogP contribution in [0.15, 0.2) is 48.5 Å². The number of amides is 2. The molecule has 0 radical (unpaired) electrons. The van der Waals surface area contributed by atoms with E-state index in [9.17, 15) is 18.0 Å². The summed E-state index contributed by atoms with van der Waals surface area (Å²) in [6.45, 7) is 3.71. The van der Waals surface area contributed by atoms with Crippen LogP contribution in [-0.2, 0) is 26.2 Å². The van der Waals surface area contributed by atoms with Crippen LogP contribution < -0.4 is 19.1 Å². The lowest BCUT2D eigenvalue weighted by Gasteiger charge is -2.32. The van der Waals surface area contributed by atoms with E-state index in [2.05, 4.69) is 5.32 Å². The Morgan fingerprint density at radius 2 is 1.62 bits per heavy atom. The molecule has 10 heteroatoms. The van der Waals surface area contributed by atoms with Gasteiger partial charge in [-0.25, -0.2) is 8.42 Å². The molecule has 0 aromatic heterocycles. The van der Waals surface area contributed by atoms with Crippen LogP contribution in [0.25, 0.3) is 0 Å². The molecule has 0 aliphatic heterocycles. The SMILES string of the molecule is CCOc1ccc(N(CC(=O)N(Cc2ccc(OC)cc2)[C@@H](C)C(=O)NC2CCCC2)S(C)(=O)=O)cc1. The highest BCUT2D eigenvalue weighted by Crippen LogP contribution is 2.23. The van der Waals surface area contributed by atoms with Gasteiger partial charge in [0.05, 0.1) is 25.7 Å². The zero-order valence-corrected chi connectivity index (χ0v) is 22.8. The smallest absolute Gasteiger partial charge is 0.244 e. The molecular weight excluding hydrogens is 494 g/mol. The monoisotopic (exact) mass is 531 g/mol. The van der Waals surface area contributed by atoms with E-state index in [1.165, 1.54) is 4.90 Å². The minimum absolute atomic E-state index is 0.101. The van der Waals surface area contributed by atoms with Crippen LogP contribution in [-0.4, -0.2) is 63.7 Å². The van der Waals surface area contributed by atoms with Crippen molar-refractivity contribution in [3.63, 3.8) is 0 Å². The molecule has 1 saturated carbocycles. The number of methoxy groups -OCH3 is 1. The van der Waals surface area contributed by atoms with Crippen molar-refractivity contribution in [2.45, 2.75) is 58.2 Å². The summed E-state index contributed by atoms with van der Waals surface area (Å²) in [6.07, 6.45) is 5.04. The predicted molar refractivity (Wildman–Crippen MR) is 143 cm³/mol. The zero-order valence-electron chi connectivity index (χ0n) is 22.0. The molecule has 3 rings (SSSR count). The van der Waals surface area contributed by atoms with Crippen LogP contribution in [0.4, 0.5) is 5.69 Å². The number of ether oxygens (including phenoxy) is 2. The van der Waals surface area contributed by atoms with E-state index in [1.807, 2.05) is 19.1 Å². The van der Waals surface area contributed by atoms with Crippen LogP contribution in [0.2, 0.25) is 0 Å². The summed E-state index contributed by atoms with van der Waals surface area (Å²) < 4.78 is 37.1. The van der Waals surface area contributed by atoms with Crippen molar-refractivity contribution >= 4 is 27.5 Å². The van der Waals surface area contributed by atoms with E-state index in [0.29, 0.717) is 23.8 Å². The van der Waals surface area contributed by atoms with Crippen LogP contribution in [0.5, 0.6) is 11.5 Å². The van der Waals surface area contributed by atoms with Gasteiger partial charge in [-0.3, -0.25) is 13.9 Å². The molecule has 0 bridgehead atoms. The van der Waals surface area contributed by atoms with E-state index >= 15 is 0 Å². The maximum absolute atomic E-state index is 13.6. The van der Waals surface area contributed by atoms with Gasteiger partial charge in [-0.15, -0.1) is 0 Å². The van der Waals surface area contributed by atoms with Crippen molar-refractivity contribution < 1.29 is 27.5 Å². The van der Waals surface area contributed by atoms with Gasteiger partial charge in [0.1, 0.15) is 24.1 Å². The van der Waals surface area contributed by atoms with Crippen molar-refractivity contribution in [3.05, 3.63) is 54.1 Å². The van der Waals surface area contributed by atoms with Crippen LogP contribution in [0.3, 0.4) is 0 Å². The van der Waals surface area contributed by atoms with E-state index in [4.69, 9.17) is 9.47 Å². The lowest BCUT2D eigenvalue weighted by molar-refractivity contribution is -0.139. The van der Waals surface area contributed by atoms with E-state index in [-0.39, 0.29) is 18.5 Å². The minimum atomic E-state index is -3.79. The van der Waals surface area contributed by atoms with Gasteiger partial charge in [0.2, 0.25) is 21.8 Å². The molecule has 1 fully saturated rings. The van der Waals surface area contributed by atoms with Crippen molar-refractivity contribution in [1.82, 2.24) is 10.2 Å². The molecule has 2 amide bonds. The molecule has 9 nitrogen and oxygen atoms in total. The first-order chi connectivity index (χ1) is 17.6. The largest absolute Gasteiger partial charge is 0.497 e. The van der Waals surface area contributed by atoms with Gasteiger partial charge in [-0.05, 0) is 68.7 Å². The number of carbonyl (C=O) groups excluding carboxylic acids is 2. The summed E-state index contributed by atoms with van der Waals surface area (Å²) in [5.74, 6) is 0.543. The second-order valence-corrected chi connectivity index (χ2v) is 11.1. The molecule has 1 N–H and O–H groups in total. The standard InChI is InChI=1S/C27H37N3O6S/c1-5-36-25-16-12-23(13-17-25)30(37(4,33)34)19-26(31)29(18-21-10-14-24(35-3)15-11-21)20(2)27(32)28-22-8-6-7-9-22/h10-17,20,22H,5-9,18-19H2,1-4H3,(H,28,32)/t20-/m0/s1. The quantitative estimate of drug-likeness (QED) is 0.451. The molecule has 37 heavy (non-hydrogen) atoms. The summed E-state index contributed by atoms with van der Waals surface area (Å²) in [4.78, 5) is 28.2. The van der Waals surface area contributed by atoms with Crippen molar-refractivity contribution in [3.8, 4) is 11.5 Å². The Balaban J connectivity index is 1.86.